The molecule has 5 heteroatoms. The zero-order valence-corrected chi connectivity index (χ0v) is 10.7. The molecule has 1 aromatic heterocycles. The molecule has 17 heavy (non-hydrogen) atoms. The van der Waals surface area contributed by atoms with Gasteiger partial charge in [0.05, 0.1) is 12.1 Å². The first-order valence-corrected chi connectivity index (χ1v) is 6.18. The van der Waals surface area contributed by atoms with Crippen molar-refractivity contribution >= 4 is 5.82 Å². The lowest BCUT2D eigenvalue weighted by Gasteiger charge is -2.39. The van der Waals surface area contributed by atoms with E-state index in [9.17, 15) is 0 Å². The second-order valence-electron chi connectivity index (χ2n) is 5.04. The first-order valence-electron chi connectivity index (χ1n) is 6.18. The standard InChI is InChI=1S/C12H22N4O/c1-12(17-2)5-3-6-15(10-12)8-9-16-7-4-11(13)14-16/h4,7H,3,5-6,8-10H2,1-2H3,(H2,13,14). The Bertz CT molecular complexity index is 365. The van der Waals surface area contributed by atoms with Crippen molar-refractivity contribution in [1.82, 2.24) is 14.7 Å². The number of rotatable bonds is 4. The van der Waals surface area contributed by atoms with Crippen LogP contribution in [0.3, 0.4) is 0 Å². The van der Waals surface area contributed by atoms with Crippen LogP contribution in [0.25, 0.3) is 0 Å². The SMILES string of the molecule is COC1(C)CCCN(CCn2ccc(N)n2)C1. The number of likely N-dealkylation sites (tertiary alicyclic amines) is 1. The maximum Gasteiger partial charge on any atom is 0.145 e. The van der Waals surface area contributed by atoms with Crippen LogP contribution >= 0.6 is 0 Å². The van der Waals surface area contributed by atoms with Gasteiger partial charge in [-0.1, -0.05) is 0 Å². The minimum atomic E-state index is 0.0153. The lowest BCUT2D eigenvalue weighted by molar-refractivity contribution is -0.0513. The van der Waals surface area contributed by atoms with Crippen LogP contribution in [-0.4, -0.2) is 47.0 Å². The molecular weight excluding hydrogens is 216 g/mol. The largest absolute Gasteiger partial charge is 0.382 e. The minimum absolute atomic E-state index is 0.0153. The van der Waals surface area contributed by atoms with Crippen LogP contribution in [0, 0.1) is 0 Å². The first kappa shape index (κ1) is 12.4. The molecule has 5 nitrogen and oxygen atoms in total. The highest BCUT2D eigenvalue weighted by molar-refractivity contribution is 5.23. The summed E-state index contributed by atoms with van der Waals surface area (Å²) in [6.45, 7) is 6.22. The normalized spacial score (nSPS) is 26.2. The molecule has 1 aromatic rings. The van der Waals surface area contributed by atoms with Gasteiger partial charge in [0.2, 0.25) is 0 Å². The summed E-state index contributed by atoms with van der Waals surface area (Å²) in [6, 6.07) is 1.83. The lowest BCUT2D eigenvalue weighted by Crippen LogP contribution is -2.48. The summed E-state index contributed by atoms with van der Waals surface area (Å²) in [5.41, 5.74) is 5.60. The van der Waals surface area contributed by atoms with E-state index in [2.05, 4.69) is 16.9 Å². The average molecular weight is 238 g/mol. The summed E-state index contributed by atoms with van der Waals surface area (Å²) >= 11 is 0. The second-order valence-corrected chi connectivity index (χ2v) is 5.04. The van der Waals surface area contributed by atoms with Crippen LogP contribution in [0.4, 0.5) is 5.82 Å². The highest BCUT2D eigenvalue weighted by Gasteiger charge is 2.30. The molecule has 0 saturated carbocycles. The van der Waals surface area contributed by atoms with E-state index in [1.807, 2.05) is 16.9 Å². The highest BCUT2D eigenvalue weighted by atomic mass is 16.5. The molecule has 1 unspecified atom stereocenters. The fourth-order valence-electron chi connectivity index (χ4n) is 2.41. The van der Waals surface area contributed by atoms with Crippen molar-refractivity contribution in [3.63, 3.8) is 0 Å². The Morgan fingerprint density at radius 1 is 1.53 bits per heavy atom. The Morgan fingerprint density at radius 2 is 2.35 bits per heavy atom. The van der Waals surface area contributed by atoms with Crippen LogP contribution < -0.4 is 5.73 Å². The molecule has 1 fully saturated rings. The van der Waals surface area contributed by atoms with E-state index < -0.39 is 0 Å². The molecule has 0 bridgehead atoms. The number of hydrogen-bond acceptors (Lipinski definition) is 4. The number of ether oxygens (including phenoxy) is 1. The van der Waals surface area contributed by atoms with Crippen LogP contribution in [0.2, 0.25) is 0 Å². The van der Waals surface area contributed by atoms with Gasteiger partial charge in [0.25, 0.3) is 0 Å². The lowest BCUT2D eigenvalue weighted by atomic mass is 9.95. The quantitative estimate of drug-likeness (QED) is 0.849. The number of piperidine rings is 1. The molecular formula is C12H22N4O. The van der Waals surface area contributed by atoms with Gasteiger partial charge < -0.3 is 10.5 Å². The van der Waals surface area contributed by atoms with E-state index in [0.717, 1.165) is 32.6 Å². The fraction of sp³-hybridized carbons (Fsp3) is 0.750. The Morgan fingerprint density at radius 3 is 3.00 bits per heavy atom. The molecule has 0 amide bonds. The molecule has 0 radical (unpaired) electrons. The molecule has 1 saturated heterocycles. The van der Waals surface area contributed by atoms with Gasteiger partial charge in [-0.2, -0.15) is 5.10 Å². The van der Waals surface area contributed by atoms with Gasteiger partial charge in [-0.15, -0.1) is 0 Å². The third-order valence-electron chi connectivity index (χ3n) is 3.54. The summed E-state index contributed by atoms with van der Waals surface area (Å²) < 4.78 is 7.48. The number of aromatic nitrogens is 2. The van der Waals surface area contributed by atoms with Gasteiger partial charge in [-0.05, 0) is 32.4 Å². The summed E-state index contributed by atoms with van der Waals surface area (Å²) in [6.07, 6.45) is 4.27. The average Bonchev–Trinajstić information content (AvgIpc) is 2.73. The van der Waals surface area contributed by atoms with E-state index in [4.69, 9.17) is 10.5 Å². The van der Waals surface area contributed by atoms with Gasteiger partial charge in [0, 0.05) is 26.4 Å². The first-order chi connectivity index (χ1) is 8.11. The minimum Gasteiger partial charge on any atom is -0.382 e. The number of methoxy groups -OCH3 is 1. The molecule has 0 aliphatic carbocycles. The summed E-state index contributed by atoms with van der Waals surface area (Å²) in [5.74, 6) is 0.588. The number of nitrogen functional groups attached to an aromatic ring is 1. The molecule has 0 spiro atoms. The Labute approximate surface area is 103 Å². The molecule has 1 aliphatic rings. The summed E-state index contributed by atoms with van der Waals surface area (Å²) in [5, 5.41) is 4.19. The number of anilines is 1. The van der Waals surface area contributed by atoms with Crippen molar-refractivity contribution in [2.24, 2.45) is 0 Å². The zero-order chi connectivity index (χ0) is 12.3. The van der Waals surface area contributed by atoms with Gasteiger partial charge in [-0.3, -0.25) is 9.58 Å². The third-order valence-corrected chi connectivity index (χ3v) is 3.54. The van der Waals surface area contributed by atoms with Crippen LogP contribution in [-0.2, 0) is 11.3 Å². The van der Waals surface area contributed by atoms with E-state index >= 15 is 0 Å². The summed E-state index contributed by atoms with van der Waals surface area (Å²) in [4.78, 5) is 2.44. The van der Waals surface area contributed by atoms with Crippen molar-refractivity contribution in [1.29, 1.82) is 0 Å². The Hall–Kier alpha value is -1.07. The molecule has 96 valence electrons. The van der Waals surface area contributed by atoms with E-state index in [1.54, 1.807) is 7.11 Å². The highest BCUT2D eigenvalue weighted by Crippen LogP contribution is 2.23. The number of nitrogens with two attached hydrogens (primary N) is 1. The third kappa shape index (κ3) is 3.20. The van der Waals surface area contributed by atoms with Crippen molar-refractivity contribution in [3.8, 4) is 0 Å². The van der Waals surface area contributed by atoms with Crippen molar-refractivity contribution < 1.29 is 4.74 Å². The zero-order valence-electron chi connectivity index (χ0n) is 10.7. The van der Waals surface area contributed by atoms with Gasteiger partial charge in [0.1, 0.15) is 5.82 Å². The van der Waals surface area contributed by atoms with E-state index in [1.165, 1.54) is 6.42 Å². The monoisotopic (exact) mass is 238 g/mol. The van der Waals surface area contributed by atoms with E-state index in [-0.39, 0.29) is 5.60 Å². The predicted octanol–water partition coefficient (Wildman–Crippen LogP) is 0.966. The Kier molecular flexibility index (Phi) is 3.69. The van der Waals surface area contributed by atoms with Crippen molar-refractivity contribution in [3.05, 3.63) is 12.3 Å². The van der Waals surface area contributed by atoms with Crippen molar-refractivity contribution in [2.45, 2.75) is 31.9 Å². The van der Waals surface area contributed by atoms with E-state index in [0.29, 0.717) is 5.82 Å². The van der Waals surface area contributed by atoms with Crippen molar-refractivity contribution in [2.75, 3.05) is 32.5 Å². The molecule has 0 aromatic carbocycles. The molecule has 2 heterocycles. The van der Waals surface area contributed by atoms with Gasteiger partial charge in [0.15, 0.2) is 0 Å². The number of hydrogen-bond donors (Lipinski definition) is 1. The summed E-state index contributed by atoms with van der Waals surface area (Å²) in [7, 11) is 1.80. The molecule has 2 N–H and O–H groups in total. The van der Waals surface area contributed by atoms with Gasteiger partial charge in [-0.25, -0.2) is 0 Å². The van der Waals surface area contributed by atoms with Crippen LogP contribution in [0.15, 0.2) is 12.3 Å². The maximum absolute atomic E-state index is 5.59. The predicted molar refractivity (Wildman–Crippen MR) is 67.7 cm³/mol. The Balaban J connectivity index is 1.83. The second kappa shape index (κ2) is 5.06. The fourth-order valence-corrected chi connectivity index (χ4v) is 2.41. The molecule has 1 aliphatic heterocycles. The number of nitrogens with zero attached hydrogens (tertiary/aromatic N) is 3. The van der Waals surface area contributed by atoms with Crippen LogP contribution in [0.5, 0.6) is 0 Å². The van der Waals surface area contributed by atoms with Crippen LogP contribution in [0.1, 0.15) is 19.8 Å². The van der Waals surface area contributed by atoms with Gasteiger partial charge >= 0.3 is 0 Å². The maximum atomic E-state index is 5.59. The smallest absolute Gasteiger partial charge is 0.145 e. The topological polar surface area (TPSA) is 56.3 Å². The molecule has 2 rings (SSSR count). The molecule has 1 atom stereocenters.